The van der Waals surface area contributed by atoms with Crippen molar-refractivity contribution < 1.29 is 18.0 Å². The summed E-state index contributed by atoms with van der Waals surface area (Å²) in [7, 11) is 0. The van der Waals surface area contributed by atoms with E-state index < -0.39 is 23.2 Å². The van der Waals surface area contributed by atoms with Gasteiger partial charge in [-0.1, -0.05) is 0 Å². The summed E-state index contributed by atoms with van der Waals surface area (Å²) >= 11 is 0. The number of carbonyl (C=O) groups excluding carboxylic acids is 1. The molecule has 94 valence electrons. The van der Waals surface area contributed by atoms with E-state index in [1.165, 1.54) is 23.1 Å². The molecule has 0 saturated heterocycles. The van der Waals surface area contributed by atoms with Crippen molar-refractivity contribution in [2.75, 3.05) is 0 Å². The molecule has 0 bridgehead atoms. The van der Waals surface area contributed by atoms with Gasteiger partial charge in [-0.05, 0) is 24.3 Å². The van der Waals surface area contributed by atoms with Crippen molar-refractivity contribution in [2.24, 2.45) is 5.73 Å². The van der Waals surface area contributed by atoms with Crippen LogP contribution < -0.4 is 5.73 Å². The molecule has 1 amide bonds. The van der Waals surface area contributed by atoms with Crippen molar-refractivity contribution in [3.63, 3.8) is 0 Å². The lowest BCUT2D eigenvalue weighted by Crippen LogP contribution is -2.19. The third-order valence-electron chi connectivity index (χ3n) is 2.34. The van der Waals surface area contributed by atoms with E-state index in [2.05, 4.69) is 5.10 Å². The molecule has 1 heterocycles. The number of hydrogen-bond donors (Lipinski definition) is 1. The third kappa shape index (κ3) is 2.20. The first-order valence-corrected chi connectivity index (χ1v) is 4.90. The number of alkyl halides is 3. The number of aromatic nitrogens is 2. The molecule has 0 atom stereocenters. The molecule has 0 saturated carbocycles. The van der Waals surface area contributed by atoms with Gasteiger partial charge in [0.1, 0.15) is 0 Å². The van der Waals surface area contributed by atoms with Gasteiger partial charge in [-0.3, -0.25) is 4.79 Å². The maximum Gasteiger partial charge on any atom is 0.417 e. The second-order valence-electron chi connectivity index (χ2n) is 3.54. The first-order valence-electron chi connectivity index (χ1n) is 4.90. The number of carbonyl (C=O) groups is 1. The Morgan fingerprint density at radius 1 is 1.33 bits per heavy atom. The van der Waals surface area contributed by atoms with Gasteiger partial charge in [0.2, 0.25) is 5.91 Å². The van der Waals surface area contributed by atoms with Crippen LogP contribution in [0.2, 0.25) is 0 Å². The first kappa shape index (κ1) is 12.2. The summed E-state index contributed by atoms with van der Waals surface area (Å²) in [5.41, 5.74) is 3.50. The maximum absolute atomic E-state index is 12.8. The van der Waals surface area contributed by atoms with E-state index in [1.54, 1.807) is 6.07 Å². The lowest BCUT2D eigenvalue weighted by molar-refractivity contribution is -0.137. The molecule has 0 radical (unpaired) electrons. The quantitative estimate of drug-likeness (QED) is 0.892. The van der Waals surface area contributed by atoms with Gasteiger partial charge < -0.3 is 5.73 Å². The molecule has 0 spiro atoms. The van der Waals surface area contributed by atoms with E-state index in [1.807, 2.05) is 0 Å². The standard InChI is InChI=1S/C11H8F3N3O/c12-11(13,14)9-6-7(17-5-1-4-16-17)2-3-8(9)10(15)18/h1-6H,(H2,15,18). The highest BCUT2D eigenvalue weighted by atomic mass is 19.4. The minimum absolute atomic E-state index is 0.206. The molecule has 2 rings (SSSR count). The average molecular weight is 255 g/mol. The molecule has 7 heteroatoms. The molecule has 2 N–H and O–H groups in total. The van der Waals surface area contributed by atoms with Gasteiger partial charge in [0, 0.05) is 12.4 Å². The zero-order valence-electron chi connectivity index (χ0n) is 8.98. The molecule has 0 fully saturated rings. The number of amides is 1. The van der Waals surface area contributed by atoms with Gasteiger partial charge in [-0.25, -0.2) is 4.68 Å². The van der Waals surface area contributed by atoms with Gasteiger partial charge in [0.05, 0.1) is 16.8 Å². The van der Waals surface area contributed by atoms with Crippen molar-refractivity contribution in [1.29, 1.82) is 0 Å². The SMILES string of the molecule is NC(=O)c1ccc(-n2cccn2)cc1C(F)(F)F. The zero-order valence-corrected chi connectivity index (χ0v) is 8.98. The first-order chi connectivity index (χ1) is 8.39. The van der Waals surface area contributed by atoms with Crippen LogP contribution in [0, 0.1) is 0 Å². The summed E-state index contributed by atoms with van der Waals surface area (Å²) in [4.78, 5) is 11.0. The van der Waals surface area contributed by atoms with Crippen LogP contribution in [0.4, 0.5) is 13.2 Å². The molecule has 0 aliphatic rings. The van der Waals surface area contributed by atoms with Crippen LogP contribution in [0.15, 0.2) is 36.7 Å². The average Bonchev–Trinajstić information content (AvgIpc) is 2.80. The number of rotatable bonds is 2. The van der Waals surface area contributed by atoms with Gasteiger partial charge in [0.15, 0.2) is 0 Å². The summed E-state index contributed by atoms with van der Waals surface area (Å²) in [6, 6.07) is 4.81. The molecule has 2 aromatic rings. The van der Waals surface area contributed by atoms with Crippen LogP contribution in [0.1, 0.15) is 15.9 Å². The second kappa shape index (κ2) is 4.17. The highest BCUT2D eigenvalue weighted by Crippen LogP contribution is 2.33. The topological polar surface area (TPSA) is 60.9 Å². The predicted molar refractivity (Wildman–Crippen MR) is 57.1 cm³/mol. The molecule has 4 nitrogen and oxygen atoms in total. The molecular weight excluding hydrogens is 247 g/mol. The largest absolute Gasteiger partial charge is 0.417 e. The number of nitrogens with zero attached hydrogens (tertiary/aromatic N) is 2. The normalized spacial score (nSPS) is 11.5. The number of benzene rings is 1. The van der Waals surface area contributed by atoms with E-state index in [-0.39, 0.29) is 5.69 Å². The Balaban J connectivity index is 2.60. The summed E-state index contributed by atoms with van der Waals surface area (Å²) in [6.07, 6.45) is -1.71. The molecule has 0 aliphatic carbocycles. The Bertz CT molecular complexity index is 576. The van der Waals surface area contributed by atoms with Crippen LogP contribution >= 0.6 is 0 Å². The van der Waals surface area contributed by atoms with Crippen LogP contribution in [-0.2, 0) is 6.18 Å². The van der Waals surface area contributed by atoms with Crippen molar-refractivity contribution in [2.45, 2.75) is 6.18 Å². The molecule has 0 unspecified atom stereocenters. The van der Waals surface area contributed by atoms with Gasteiger partial charge in [0.25, 0.3) is 0 Å². The Kier molecular flexibility index (Phi) is 2.82. The minimum atomic E-state index is -4.65. The number of halogens is 3. The van der Waals surface area contributed by atoms with E-state index in [0.29, 0.717) is 0 Å². The molecule has 1 aromatic heterocycles. The number of hydrogen-bond acceptors (Lipinski definition) is 2. The summed E-state index contributed by atoms with van der Waals surface area (Å²) in [5, 5.41) is 3.82. The third-order valence-corrected chi connectivity index (χ3v) is 2.34. The smallest absolute Gasteiger partial charge is 0.366 e. The van der Waals surface area contributed by atoms with E-state index in [4.69, 9.17) is 5.73 Å². The van der Waals surface area contributed by atoms with Gasteiger partial charge in [-0.15, -0.1) is 0 Å². The van der Waals surface area contributed by atoms with Crippen molar-refractivity contribution >= 4 is 5.91 Å². The molecule has 0 aliphatic heterocycles. The van der Waals surface area contributed by atoms with Gasteiger partial charge >= 0.3 is 6.18 Å². The lowest BCUT2D eigenvalue weighted by atomic mass is 10.1. The highest BCUT2D eigenvalue weighted by Gasteiger charge is 2.35. The fourth-order valence-corrected chi connectivity index (χ4v) is 1.55. The molecular formula is C11H8F3N3O. The van der Waals surface area contributed by atoms with Crippen LogP contribution in [0.5, 0.6) is 0 Å². The molecule has 18 heavy (non-hydrogen) atoms. The van der Waals surface area contributed by atoms with Crippen LogP contribution in [0.3, 0.4) is 0 Å². The predicted octanol–water partition coefficient (Wildman–Crippen LogP) is 1.99. The fourth-order valence-electron chi connectivity index (χ4n) is 1.55. The Morgan fingerprint density at radius 2 is 2.06 bits per heavy atom. The van der Waals surface area contributed by atoms with Crippen molar-refractivity contribution in [3.8, 4) is 5.69 Å². The minimum Gasteiger partial charge on any atom is -0.366 e. The lowest BCUT2D eigenvalue weighted by Gasteiger charge is -2.12. The number of primary amides is 1. The van der Waals surface area contributed by atoms with E-state index in [0.717, 1.165) is 12.1 Å². The summed E-state index contributed by atoms with van der Waals surface area (Å²) in [5.74, 6) is -1.12. The Morgan fingerprint density at radius 3 is 2.56 bits per heavy atom. The second-order valence-corrected chi connectivity index (χ2v) is 3.54. The van der Waals surface area contributed by atoms with Crippen LogP contribution in [-0.4, -0.2) is 15.7 Å². The van der Waals surface area contributed by atoms with Crippen LogP contribution in [0.25, 0.3) is 5.69 Å². The van der Waals surface area contributed by atoms with Crippen molar-refractivity contribution in [3.05, 3.63) is 47.8 Å². The zero-order chi connectivity index (χ0) is 13.3. The fraction of sp³-hybridized carbons (Fsp3) is 0.0909. The van der Waals surface area contributed by atoms with E-state index >= 15 is 0 Å². The van der Waals surface area contributed by atoms with Gasteiger partial charge in [-0.2, -0.15) is 18.3 Å². The number of nitrogens with two attached hydrogens (primary N) is 1. The monoisotopic (exact) mass is 255 g/mol. The van der Waals surface area contributed by atoms with Crippen molar-refractivity contribution in [1.82, 2.24) is 9.78 Å². The Hall–Kier alpha value is -2.31. The highest BCUT2D eigenvalue weighted by molar-refractivity contribution is 5.94. The summed E-state index contributed by atoms with van der Waals surface area (Å²) < 4.78 is 39.6. The van der Waals surface area contributed by atoms with E-state index in [9.17, 15) is 18.0 Å². The maximum atomic E-state index is 12.8. The summed E-state index contributed by atoms with van der Waals surface area (Å²) in [6.45, 7) is 0. The molecule has 1 aromatic carbocycles. The Labute approximate surface area is 99.8 Å².